The van der Waals surface area contributed by atoms with Gasteiger partial charge in [0.25, 0.3) is 0 Å². The minimum absolute atomic E-state index is 0.0862. The molecule has 2 aromatic carbocycles. The van der Waals surface area contributed by atoms with Gasteiger partial charge in [-0.3, -0.25) is 9.78 Å². The normalized spacial score (nSPS) is 19.3. The van der Waals surface area contributed by atoms with E-state index < -0.39 is 21.7 Å². The van der Waals surface area contributed by atoms with Crippen LogP contribution in [0.4, 0.5) is 0 Å². The summed E-state index contributed by atoms with van der Waals surface area (Å²) < 4.78 is 39.8. The molecule has 3 aromatic rings. The first-order valence-electron chi connectivity index (χ1n) is 13.0. The second-order valence-electron chi connectivity index (χ2n) is 10.0. The predicted molar refractivity (Wildman–Crippen MR) is 144 cm³/mol. The molecule has 39 heavy (non-hydrogen) atoms. The van der Waals surface area contributed by atoms with Crippen LogP contribution in [0.1, 0.15) is 29.5 Å². The SMILES string of the molecule is COc1ccc(S(=O)(=O)N2Cc3ccccc3C[C@H]2COCC(=O)N2CCC(O)(c3cccnc3)CC2)cc1. The highest BCUT2D eigenvalue weighted by molar-refractivity contribution is 7.89. The van der Waals surface area contributed by atoms with Crippen molar-refractivity contribution >= 4 is 15.9 Å². The van der Waals surface area contributed by atoms with Gasteiger partial charge in [0.15, 0.2) is 0 Å². The molecule has 5 rings (SSSR count). The number of benzene rings is 2. The van der Waals surface area contributed by atoms with E-state index in [9.17, 15) is 18.3 Å². The van der Waals surface area contributed by atoms with Crippen molar-refractivity contribution in [3.8, 4) is 5.75 Å². The molecule has 10 heteroatoms. The lowest BCUT2D eigenvalue weighted by Crippen LogP contribution is -2.48. The van der Waals surface area contributed by atoms with Crippen LogP contribution in [0.3, 0.4) is 0 Å². The van der Waals surface area contributed by atoms with Crippen molar-refractivity contribution in [3.63, 3.8) is 0 Å². The number of piperidine rings is 1. The minimum Gasteiger partial charge on any atom is -0.497 e. The van der Waals surface area contributed by atoms with Gasteiger partial charge < -0.3 is 19.5 Å². The molecule has 0 saturated carbocycles. The Morgan fingerprint density at radius 3 is 2.44 bits per heavy atom. The number of likely N-dealkylation sites (tertiary alicyclic amines) is 1. The zero-order chi connectivity index (χ0) is 27.5. The molecule has 0 spiro atoms. The zero-order valence-electron chi connectivity index (χ0n) is 21.9. The maximum absolute atomic E-state index is 13.7. The van der Waals surface area contributed by atoms with Crippen LogP contribution >= 0.6 is 0 Å². The van der Waals surface area contributed by atoms with Gasteiger partial charge in [0.2, 0.25) is 15.9 Å². The fraction of sp³-hybridized carbons (Fsp3) is 0.379. The number of carbonyl (C=O) groups is 1. The van der Waals surface area contributed by atoms with Crippen LogP contribution in [0.5, 0.6) is 5.75 Å². The molecule has 2 aliphatic heterocycles. The van der Waals surface area contributed by atoms with Crippen LogP contribution in [-0.2, 0) is 38.1 Å². The molecule has 9 nitrogen and oxygen atoms in total. The molecule has 0 unspecified atom stereocenters. The average Bonchev–Trinajstić information content (AvgIpc) is 2.97. The molecule has 3 heterocycles. The quantitative estimate of drug-likeness (QED) is 0.459. The Balaban J connectivity index is 1.23. The number of sulfonamides is 1. The van der Waals surface area contributed by atoms with Crippen LogP contribution in [-0.4, -0.2) is 73.1 Å². The summed E-state index contributed by atoms with van der Waals surface area (Å²) in [7, 11) is -2.29. The Labute approximate surface area is 229 Å². The molecule has 1 amide bonds. The lowest BCUT2D eigenvalue weighted by atomic mass is 9.85. The second kappa shape index (κ2) is 11.4. The molecule has 0 bridgehead atoms. The van der Waals surface area contributed by atoms with E-state index >= 15 is 0 Å². The maximum atomic E-state index is 13.7. The predicted octanol–water partition coefficient (Wildman–Crippen LogP) is 2.73. The van der Waals surface area contributed by atoms with Gasteiger partial charge in [0.1, 0.15) is 12.4 Å². The third-order valence-electron chi connectivity index (χ3n) is 7.65. The van der Waals surface area contributed by atoms with Crippen LogP contribution in [0, 0.1) is 0 Å². The number of fused-ring (bicyclic) bond motifs is 1. The van der Waals surface area contributed by atoms with E-state index in [1.165, 1.54) is 11.4 Å². The Morgan fingerprint density at radius 2 is 1.77 bits per heavy atom. The lowest BCUT2D eigenvalue weighted by molar-refractivity contribution is -0.141. The molecule has 1 aromatic heterocycles. The number of carbonyl (C=O) groups excluding carboxylic acids is 1. The van der Waals surface area contributed by atoms with Gasteiger partial charge in [-0.05, 0) is 60.7 Å². The molecule has 2 aliphatic rings. The zero-order valence-corrected chi connectivity index (χ0v) is 22.7. The minimum atomic E-state index is -3.82. The smallest absolute Gasteiger partial charge is 0.248 e. The van der Waals surface area contributed by atoms with E-state index in [1.54, 1.807) is 47.6 Å². The second-order valence-corrected chi connectivity index (χ2v) is 11.9. The summed E-state index contributed by atoms with van der Waals surface area (Å²) in [5.74, 6) is 0.400. The van der Waals surface area contributed by atoms with E-state index in [4.69, 9.17) is 9.47 Å². The molecular weight excluding hydrogens is 518 g/mol. The first-order chi connectivity index (χ1) is 18.8. The van der Waals surface area contributed by atoms with Crippen molar-refractivity contribution in [1.82, 2.24) is 14.2 Å². The van der Waals surface area contributed by atoms with E-state index in [0.29, 0.717) is 38.1 Å². The number of amides is 1. The first-order valence-corrected chi connectivity index (χ1v) is 14.5. The van der Waals surface area contributed by atoms with Gasteiger partial charge >= 0.3 is 0 Å². The summed E-state index contributed by atoms with van der Waals surface area (Å²) in [6, 6.07) is 17.3. The topological polar surface area (TPSA) is 109 Å². The Hall–Kier alpha value is -3.31. The highest BCUT2D eigenvalue weighted by Crippen LogP contribution is 2.33. The molecular formula is C29H33N3O6S. The average molecular weight is 552 g/mol. The Kier molecular flexibility index (Phi) is 7.99. The highest BCUT2D eigenvalue weighted by Gasteiger charge is 2.37. The van der Waals surface area contributed by atoms with Gasteiger partial charge in [-0.25, -0.2) is 8.42 Å². The number of aliphatic hydroxyl groups is 1. The van der Waals surface area contributed by atoms with Crippen LogP contribution in [0.25, 0.3) is 0 Å². The number of rotatable bonds is 8. The Morgan fingerprint density at radius 1 is 1.05 bits per heavy atom. The summed E-state index contributed by atoms with van der Waals surface area (Å²) in [6.07, 6.45) is 4.64. The summed E-state index contributed by atoms with van der Waals surface area (Å²) in [5, 5.41) is 11.0. The fourth-order valence-electron chi connectivity index (χ4n) is 5.30. The van der Waals surface area contributed by atoms with Crippen LogP contribution in [0.15, 0.2) is 78.0 Å². The third-order valence-corrected chi connectivity index (χ3v) is 9.56. The fourth-order valence-corrected chi connectivity index (χ4v) is 6.88. The standard InChI is InChI=1S/C29H33N3O6S/c1-37-26-8-10-27(11-9-26)39(35,36)32-19-23-6-3-2-5-22(23)17-25(32)20-38-21-28(33)31-15-12-29(34,13-16-31)24-7-4-14-30-18-24/h2-11,14,18,25,34H,12-13,15-17,19-21H2,1H3/t25-/m0/s1. The molecule has 206 valence electrons. The number of hydrogen-bond donors (Lipinski definition) is 1. The number of methoxy groups -OCH3 is 1. The molecule has 0 radical (unpaired) electrons. The Bertz CT molecular complexity index is 1390. The van der Waals surface area contributed by atoms with Gasteiger partial charge in [0, 0.05) is 37.6 Å². The number of aromatic nitrogens is 1. The van der Waals surface area contributed by atoms with Crippen molar-refractivity contribution in [1.29, 1.82) is 0 Å². The van der Waals surface area contributed by atoms with Gasteiger partial charge in [-0.1, -0.05) is 30.3 Å². The number of hydrogen-bond acceptors (Lipinski definition) is 7. The monoisotopic (exact) mass is 551 g/mol. The van der Waals surface area contributed by atoms with E-state index in [-0.39, 0.29) is 30.6 Å². The molecule has 1 saturated heterocycles. The number of ether oxygens (including phenoxy) is 2. The van der Waals surface area contributed by atoms with Crippen LogP contribution in [0.2, 0.25) is 0 Å². The molecule has 0 aliphatic carbocycles. The molecule has 1 atom stereocenters. The van der Waals surface area contributed by atoms with Gasteiger partial charge in [-0.15, -0.1) is 0 Å². The maximum Gasteiger partial charge on any atom is 0.248 e. The summed E-state index contributed by atoms with van der Waals surface area (Å²) in [4.78, 5) is 18.9. The van der Waals surface area contributed by atoms with E-state index in [2.05, 4.69) is 4.98 Å². The van der Waals surface area contributed by atoms with Crippen molar-refractivity contribution in [2.24, 2.45) is 0 Å². The van der Waals surface area contributed by atoms with Crippen molar-refractivity contribution in [2.45, 2.75) is 42.3 Å². The van der Waals surface area contributed by atoms with Gasteiger partial charge in [-0.2, -0.15) is 4.31 Å². The van der Waals surface area contributed by atoms with Crippen LogP contribution < -0.4 is 4.74 Å². The molecule has 1 fully saturated rings. The van der Waals surface area contributed by atoms with Gasteiger partial charge in [0.05, 0.1) is 30.3 Å². The summed E-state index contributed by atoms with van der Waals surface area (Å²) >= 11 is 0. The number of nitrogens with zero attached hydrogens (tertiary/aromatic N) is 3. The highest BCUT2D eigenvalue weighted by atomic mass is 32.2. The van der Waals surface area contributed by atoms with Crippen molar-refractivity contribution < 1.29 is 27.8 Å². The summed E-state index contributed by atoms with van der Waals surface area (Å²) in [6.45, 7) is 0.971. The van der Waals surface area contributed by atoms with Crippen molar-refractivity contribution in [2.75, 3.05) is 33.4 Å². The first kappa shape index (κ1) is 27.3. The lowest BCUT2D eigenvalue weighted by Gasteiger charge is -2.38. The van der Waals surface area contributed by atoms with Crippen molar-refractivity contribution in [3.05, 3.63) is 89.7 Å². The third kappa shape index (κ3) is 5.84. The summed E-state index contributed by atoms with van der Waals surface area (Å²) in [5.41, 5.74) is 1.78. The van der Waals surface area contributed by atoms with E-state index in [0.717, 1.165) is 16.7 Å². The number of pyridine rings is 1. The largest absolute Gasteiger partial charge is 0.497 e. The van der Waals surface area contributed by atoms with E-state index in [1.807, 2.05) is 30.3 Å². The molecule has 1 N–H and O–H groups in total.